The molecule has 0 aliphatic carbocycles. The maximum Gasteiger partial charge on any atom is 0.251 e. The first-order valence-electron chi connectivity index (χ1n) is 7.36. The van der Waals surface area contributed by atoms with Crippen LogP contribution in [0.3, 0.4) is 0 Å². The largest absolute Gasteiger partial charge is 0.384 e. The van der Waals surface area contributed by atoms with Crippen LogP contribution in [0.2, 0.25) is 0 Å². The third-order valence-corrected chi connectivity index (χ3v) is 4.59. The number of piperidine rings is 2. The maximum atomic E-state index is 11.8. The van der Waals surface area contributed by atoms with E-state index < -0.39 is 12.0 Å². The highest BCUT2D eigenvalue weighted by Crippen LogP contribution is 2.40. The number of hydrogen-bond donors (Lipinski definition) is 2. The summed E-state index contributed by atoms with van der Waals surface area (Å²) in [7, 11) is 0. The van der Waals surface area contributed by atoms with Crippen LogP contribution in [0.4, 0.5) is 0 Å². The molecule has 2 saturated heterocycles. The number of carbonyl (C=O) groups excluding carboxylic acids is 3. The van der Waals surface area contributed by atoms with E-state index in [0.717, 1.165) is 19.3 Å². The number of carbonyl (C=O) groups is 3. The fraction of sp³-hybridized carbons (Fsp3) is 0.786. The summed E-state index contributed by atoms with van der Waals surface area (Å²) in [5, 5.41) is 9.36. The maximum absolute atomic E-state index is 11.8. The van der Waals surface area contributed by atoms with Gasteiger partial charge in [0.25, 0.3) is 5.91 Å². The molecule has 7 nitrogen and oxygen atoms in total. The molecule has 2 heterocycles. The third kappa shape index (κ3) is 3.53. The van der Waals surface area contributed by atoms with Gasteiger partial charge in [0.15, 0.2) is 0 Å². The second-order valence-corrected chi connectivity index (χ2v) is 6.22. The Kier molecular flexibility index (Phi) is 4.51. The molecule has 1 spiro atoms. The van der Waals surface area contributed by atoms with Crippen LogP contribution in [0.25, 0.3) is 0 Å². The predicted octanol–water partition coefficient (Wildman–Crippen LogP) is -0.916. The Morgan fingerprint density at radius 1 is 1.33 bits per heavy atom. The molecule has 21 heavy (non-hydrogen) atoms. The first-order valence-corrected chi connectivity index (χ1v) is 7.36. The molecule has 0 aromatic rings. The van der Waals surface area contributed by atoms with Crippen molar-refractivity contribution in [3.05, 3.63) is 0 Å². The van der Waals surface area contributed by atoms with Crippen LogP contribution in [0.15, 0.2) is 0 Å². The number of nitrogens with zero attached hydrogens (tertiary/aromatic N) is 2. The Bertz CT molecular complexity index is 442. The molecule has 2 fully saturated rings. The van der Waals surface area contributed by atoms with Crippen LogP contribution in [0.1, 0.15) is 32.6 Å². The highest BCUT2D eigenvalue weighted by molar-refractivity contribution is 5.84. The number of rotatable bonds is 3. The molecule has 3 N–H and O–H groups in total. The Morgan fingerprint density at radius 3 is 2.48 bits per heavy atom. The van der Waals surface area contributed by atoms with Crippen LogP contribution in [0.5, 0.6) is 0 Å². The number of aliphatic hydroxyl groups excluding tert-OH is 1. The fourth-order valence-corrected chi connectivity index (χ4v) is 3.31. The van der Waals surface area contributed by atoms with E-state index in [4.69, 9.17) is 5.73 Å². The average molecular weight is 297 g/mol. The number of nitrogens with two attached hydrogens (primary N) is 1. The quantitative estimate of drug-likeness (QED) is 0.703. The summed E-state index contributed by atoms with van der Waals surface area (Å²) in [6.45, 7) is 3.15. The second kappa shape index (κ2) is 6.01. The van der Waals surface area contributed by atoms with E-state index in [9.17, 15) is 19.5 Å². The van der Waals surface area contributed by atoms with Gasteiger partial charge in [-0.15, -0.1) is 0 Å². The van der Waals surface area contributed by atoms with Gasteiger partial charge in [0, 0.05) is 26.1 Å². The summed E-state index contributed by atoms with van der Waals surface area (Å²) in [6.07, 6.45) is 1.82. The van der Waals surface area contributed by atoms with Gasteiger partial charge in [-0.1, -0.05) is 0 Å². The zero-order valence-electron chi connectivity index (χ0n) is 12.4. The van der Waals surface area contributed by atoms with Gasteiger partial charge in [-0.25, -0.2) is 0 Å². The lowest BCUT2D eigenvalue weighted by atomic mass is 9.72. The highest BCUT2D eigenvalue weighted by atomic mass is 16.3. The van der Waals surface area contributed by atoms with Crippen molar-refractivity contribution in [2.45, 2.75) is 38.7 Å². The van der Waals surface area contributed by atoms with Crippen molar-refractivity contribution in [2.75, 3.05) is 26.2 Å². The van der Waals surface area contributed by atoms with Crippen molar-refractivity contribution >= 4 is 17.7 Å². The van der Waals surface area contributed by atoms with Crippen LogP contribution >= 0.6 is 0 Å². The standard InChI is InChI=1S/C14H23N3O4/c1-10(18)13(21)16-6-4-14(5-7-16)3-2-12(20)17(9-14)8-11(15)19/h10,18H,2-9H2,1H3,(H2,15,19)/t10-/m1/s1. The van der Waals surface area contributed by atoms with Gasteiger partial charge in [0.05, 0.1) is 6.54 Å². The van der Waals surface area contributed by atoms with Crippen LogP contribution in [0, 0.1) is 5.41 Å². The van der Waals surface area contributed by atoms with Gasteiger partial charge >= 0.3 is 0 Å². The Labute approximate surface area is 124 Å². The Hall–Kier alpha value is -1.63. The van der Waals surface area contributed by atoms with Crippen LogP contribution in [-0.2, 0) is 14.4 Å². The van der Waals surface area contributed by atoms with E-state index in [1.54, 1.807) is 4.90 Å². The van der Waals surface area contributed by atoms with Gasteiger partial charge in [0.1, 0.15) is 6.10 Å². The zero-order valence-corrected chi connectivity index (χ0v) is 12.4. The molecule has 0 aromatic carbocycles. The van der Waals surface area contributed by atoms with Gasteiger partial charge in [-0.05, 0) is 31.6 Å². The lowest BCUT2D eigenvalue weighted by Crippen LogP contribution is -2.54. The molecule has 0 radical (unpaired) electrons. The zero-order chi connectivity index (χ0) is 15.6. The van der Waals surface area contributed by atoms with Crippen molar-refractivity contribution in [1.29, 1.82) is 0 Å². The van der Waals surface area contributed by atoms with E-state index in [-0.39, 0.29) is 23.8 Å². The average Bonchev–Trinajstić information content (AvgIpc) is 2.43. The van der Waals surface area contributed by atoms with E-state index >= 15 is 0 Å². The van der Waals surface area contributed by atoms with Crippen molar-refractivity contribution in [2.24, 2.45) is 11.1 Å². The van der Waals surface area contributed by atoms with E-state index in [1.165, 1.54) is 11.8 Å². The summed E-state index contributed by atoms with van der Waals surface area (Å²) in [5.41, 5.74) is 5.16. The smallest absolute Gasteiger partial charge is 0.251 e. The molecule has 0 aromatic heterocycles. The van der Waals surface area contributed by atoms with Crippen LogP contribution < -0.4 is 5.73 Å². The lowest BCUT2D eigenvalue weighted by Gasteiger charge is -2.47. The monoisotopic (exact) mass is 297 g/mol. The summed E-state index contributed by atoms with van der Waals surface area (Å²) in [6, 6.07) is 0. The Morgan fingerprint density at radius 2 is 1.95 bits per heavy atom. The number of aliphatic hydroxyl groups is 1. The minimum Gasteiger partial charge on any atom is -0.384 e. The molecule has 0 saturated carbocycles. The third-order valence-electron chi connectivity index (χ3n) is 4.59. The van der Waals surface area contributed by atoms with Gasteiger partial charge in [0.2, 0.25) is 11.8 Å². The van der Waals surface area contributed by atoms with E-state index in [1.807, 2.05) is 0 Å². The van der Waals surface area contributed by atoms with Crippen LogP contribution in [-0.4, -0.2) is 64.9 Å². The number of likely N-dealkylation sites (tertiary alicyclic amines) is 2. The Balaban J connectivity index is 1.97. The molecular formula is C14H23N3O4. The molecular weight excluding hydrogens is 274 g/mol. The molecule has 2 rings (SSSR count). The summed E-state index contributed by atoms with van der Waals surface area (Å²) < 4.78 is 0. The molecule has 2 aliphatic rings. The molecule has 3 amide bonds. The first-order chi connectivity index (χ1) is 9.83. The van der Waals surface area contributed by atoms with Crippen molar-refractivity contribution in [3.63, 3.8) is 0 Å². The molecule has 0 bridgehead atoms. The normalized spacial score (nSPS) is 23.2. The molecule has 7 heteroatoms. The minimum absolute atomic E-state index is 0.0260. The van der Waals surface area contributed by atoms with E-state index in [0.29, 0.717) is 26.1 Å². The van der Waals surface area contributed by atoms with Gasteiger partial charge < -0.3 is 20.6 Å². The summed E-state index contributed by atoms with van der Waals surface area (Å²) >= 11 is 0. The molecule has 2 aliphatic heterocycles. The summed E-state index contributed by atoms with van der Waals surface area (Å²) in [5.74, 6) is -0.769. The van der Waals surface area contributed by atoms with E-state index in [2.05, 4.69) is 0 Å². The van der Waals surface area contributed by atoms with Crippen molar-refractivity contribution in [3.8, 4) is 0 Å². The second-order valence-electron chi connectivity index (χ2n) is 6.22. The van der Waals surface area contributed by atoms with Gasteiger partial charge in [-0.3, -0.25) is 14.4 Å². The topological polar surface area (TPSA) is 104 Å². The number of primary amides is 1. The molecule has 0 unspecified atom stereocenters. The molecule has 118 valence electrons. The lowest BCUT2D eigenvalue weighted by molar-refractivity contribution is -0.147. The number of hydrogen-bond acceptors (Lipinski definition) is 4. The summed E-state index contributed by atoms with van der Waals surface area (Å²) in [4.78, 5) is 37.9. The van der Waals surface area contributed by atoms with Gasteiger partial charge in [-0.2, -0.15) is 0 Å². The highest BCUT2D eigenvalue weighted by Gasteiger charge is 2.42. The van der Waals surface area contributed by atoms with Crippen molar-refractivity contribution < 1.29 is 19.5 Å². The fourth-order valence-electron chi connectivity index (χ4n) is 3.31. The molecule has 1 atom stereocenters. The predicted molar refractivity (Wildman–Crippen MR) is 74.9 cm³/mol. The van der Waals surface area contributed by atoms with Crippen molar-refractivity contribution in [1.82, 2.24) is 9.80 Å². The minimum atomic E-state index is -0.974. The number of amides is 3. The first kappa shape index (κ1) is 15.8. The SMILES string of the molecule is C[C@@H](O)C(=O)N1CCC2(CCC(=O)N(CC(N)=O)C2)CC1.